The van der Waals surface area contributed by atoms with E-state index in [1.54, 1.807) is 0 Å². The number of amides is 1. The lowest BCUT2D eigenvalue weighted by Gasteiger charge is -2.34. The Kier molecular flexibility index (Phi) is 4.52. The van der Waals surface area contributed by atoms with Crippen molar-refractivity contribution in [2.75, 3.05) is 19.6 Å². The van der Waals surface area contributed by atoms with Crippen LogP contribution in [-0.2, 0) is 0 Å². The first-order chi connectivity index (χ1) is 9.89. The van der Waals surface area contributed by atoms with Crippen LogP contribution in [0, 0.1) is 21.3 Å². The number of carbonyl (C=O) groups is 1. The minimum atomic E-state index is -0.789. The average molecular weight is 295 g/mol. The summed E-state index contributed by atoms with van der Waals surface area (Å²) in [6, 6.07) is 2.89. The Morgan fingerprint density at radius 1 is 1.43 bits per heavy atom. The maximum Gasteiger partial charge on any atom is 0.273 e. The molecule has 1 amide bonds. The van der Waals surface area contributed by atoms with Crippen LogP contribution in [0.3, 0.4) is 0 Å². The summed E-state index contributed by atoms with van der Waals surface area (Å²) in [5, 5.41) is 16.7. The summed E-state index contributed by atoms with van der Waals surface area (Å²) in [4.78, 5) is 22.0. The molecule has 0 aliphatic carbocycles. The lowest BCUT2D eigenvalue weighted by Crippen LogP contribution is -2.42. The number of nitro benzene ring substituents is 1. The van der Waals surface area contributed by atoms with Crippen LogP contribution in [0.1, 0.15) is 30.1 Å². The number of nitrogens with one attached hydrogen (secondary N) is 2. The number of piperidine rings is 1. The van der Waals surface area contributed by atoms with E-state index in [1.165, 1.54) is 0 Å². The number of hydrogen-bond donors (Lipinski definition) is 2. The molecule has 1 aliphatic rings. The first-order valence-corrected chi connectivity index (χ1v) is 6.84. The SMILES string of the molecule is CC1(CNC(=O)c2cc(F)cc([N+](=O)[O-])c2)CCNCC1. The summed E-state index contributed by atoms with van der Waals surface area (Å²) in [5.74, 6) is -1.28. The third-order valence-corrected chi connectivity index (χ3v) is 3.84. The van der Waals surface area contributed by atoms with Crippen molar-refractivity contribution in [2.45, 2.75) is 19.8 Å². The Labute approximate surface area is 121 Å². The molecule has 7 heteroatoms. The largest absolute Gasteiger partial charge is 0.351 e. The van der Waals surface area contributed by atoms with Crippen LogP contribution in [0.5, 0.6) is 0 Å². The first kappa shape index (κ1) is 15.4. The third-order valence-electron chi connectivity index (χ3n) is 3.84. The molecule has 0 atom stereocenters. The van der Waals surface area contributed by atoms with E-state index in [9.17, 15) is 19.3 Å². The van der Waals surface area contributed by atoms with Crippen molar-refractivity contribution in [3.8, 4) is 0 Å². The number of rotatable bonds is 4. The summed E-state index contributed by atoms with van der Waals surface area (Å²) in [7, 11) is 0. The number of non-ortho nitro benzene ring substituents is 1. The highest BCUT2D eigenvalue weighted by atomic mass is 19.1. The summed E-state index contributed by atoms with van der Waals surface area (Å²) in [6.07, 6.45) is 1.88. The summed E-state index contributed by atoms with van der Waals surface area (Å²) in [6.45, 7) is 4.36. The van der Waals surface area contributed by atoms with Crippen molar-refractivity contribution in [3.63, 3.8) is 0 Å². The third kappa shape index (κ3) is 3.98. The van der Waals surface area contributed by atoms with Gasteiger partial charge in [0.05, 0.1) is 11.0 Å². The molecule has 0 unspecified atom stereocenters. The Balaban J connectivity index is 2.04. The molecule has 1 fully saturated rings. The van der Waals surface area contributed by atoms with Gasteiger partial charge in [-0.3, -0.25) is 14.9 Å². The van der Waals surface area contributed by atoms with Gasteiger partial charge in [-0.1, -0.05) is 6.92 Å². The van der Waals surface area contributed by atoms with Gasteiger partial charge in [-0.2, -0.15) is 0 Å². The molecule has 1 heterocycles. The number of benzene rings is 1. The predicted molar refractivity (Wildman–Crippen MR) is 75.6 cm³/mol. The van der Waals surface area contributed by atoms with Crippen molar-refractivity contribution < 1.29 is 14.1 Å². The van der Waals surface area contributed by atoms with Crippen LogP contribution in [0.25, 0.3) is 0 Å². The molecule has 2 rings (SSSR count). The van der Waals surface area contributed by atoms with Crippen molar-refractivity contribution in [1.29, 1.82) is 0 Å². The molecular formula is C14H18FN3O3. The van der Waals surface area contributed by atoms with Gasteiger partial charge in [-0.05, 0) is 37.4 Å². The normalized spacial score (nSPS) is 17.2. The lowest BCUT2D eigenvalue weighted by atomic mass is 9.81. The molecule has 1 saturated heterocycles. The van der Waals surface area contributed by atoms with E-state index in [4.69, 9.17) is 0 Å². The molecule has 0 radical (unpaired) electrons. The zero-order valence-electron chi connectivity index (χ0n) is 11.8. The van der Waals surface area contributed by atoms with Crippen LogP contribution in [0.4, 0.5) is 10.1 Å². The Hall–Kier alpha value is -2.02. The second-order valence-electron chi connectivity index (χ2n) is 5.70. The maximum atomic E-state index is 13.3. The van der Waals surface area contributed by atoms with Gasteiger partial charge in [-0.15, -0.1) is 0 Å². The minimum absolute atomic E-state index is 0.000167. The van der Waals surface area contributed by atoms with E-state index in [0.29, 0.717) is 6.54 Å². The molecule has 114 valence electrons. The van der Waals surface area contributed by atoms with E-state index in [0.717, 1.165) is 44.1 Å². The molecule has 1 aliphatic heterocycles. The highest BCUT2D eigenvalue weighted by molar-refractivity contribution is 5.94. The monoisotopic (exact) mass is 295 g/mol. The molecule has 1 aromatic rings. The zero-order valence-corrected chi connectivity index (χ0v) is 11.8. The van der Waals surface area contributed by atoms with Crippen molar-refractivity contribution in [1.82, 2.24) is 10.6 Å². The van der Waals surface area contributed by atoms with Crippen molar-refractivity contribution in [3.05, 3.63) is 39.7 Å². The number of carbonyl (C=O) groups excluding carboxylic acids is 1. The van der Waals surface area contributed by atoms with E-state index < -0.39 is 22.3 Å². The van der Waals surface area contributed by atoms with Crippen LogP contribution in [0.15, 0.2) is 18.2 Å². The summed E-state index contributed by atoms with van der Waals surface area (Å²) in [5.41, 5.74) is -0.451. The highest BCUT2D eigenvalue weighted by Crippen LogP contribution is 2.27. The topological polar surface area (TPSA) is 84.3 Å². The second kappa shape index (κ2) is 6.17. The number of nitrogens with zero attached hydrogens (tertiary/aromatic N) is 1. The Morgan fingerprint density at radius 2 is 2.10 bits per heavy atom. The quantitative estimate of drug-likeness (QED) is 0.656. The van der Waals surface area contributed by atoms with E-state index in [2.05, 4.69) is 17.6 Å². The highest BCUT2D eigenvalue weighted by Gasteiger charge is 2.27. The fourth-order valence-electron chi connectivity index (χ4n) is 2.41. The molecule has 0 spiro atoms. The van der Waals surface area contributed by atoms with Crippen molar-refractivity contribution >= 4 is 11.6 Å². The molecule has 2 N–H and O–H groups in total. The number of halogens is 1. The average Bonchev–Trinajstić information content (AvgIpc) is 2.45. The maximum absolute atomic E-state index is 13.3. The lowest BCUT2D eigenvalue weighted by molar-refractivity contribution is -0.385. The fraction of sp³-hybridized carbons (Fsp3) is 0.500. The number of hydrogen-bond acceptors (Lipinski definition) is 4. The summed E-state index contributed by atoms with van der Waals surface area (Å²) < 4.78 is 13.3. The summed E-state index contributed by atoms with van der Waals surface area (Å²) >= 11 is 0. The molecule has 1 aromatic carbocycles. The van der Waals surface area contributed by atoms with Crippen LogP contribution >= 0.6 is 0 Å². The van der Waals surface area contributed by atoms with Gasteiger partial charge in [0, 0.05) is 18.2 Å². The van der Waals surface area contributed by atoms with E-state index in [1.807, 2.05) is 0 Å². The smallest absolute Gasteiger partial charge is 0.273 e. The molecule has 0 bridgehead atoms. The predicted octanol–water partition coefficient (Wildman–Crippen LogP) is 1.85. The van der Waals surface area contributed by atoms with Gasteiger partial charge >= 0.3 is 0 Å². The minimum Gasteiger partial charge on any atom is -0.351 e. The number of nitro groups is 1. The first-order valence-electron chi connectivity index (χ1n) is 6.84. The van der Waals surface area contributed by atoms with Gasteiger partial charge in [0.15, 0.2) is 0 Å². The molecular weight excluding hydrogens is 277 g/mol. The van der Waals surface area contributed by atoms with E-state index >= 15 is 0 Å². The fourth-order valence-corrected chi connectivity index (χ4v) is 2.41. The second-order valence-corrected chi connectivity index (χ2v) is 5.70. The molecule has 0 saturated carbocycles. The van der Waals surface area contributed by atoms with Crippen LogP contribution < -0.4 is 10.6 Å². The Bertz CT molecular complexity index is 556. The van der Waals surface area contributed by atoms with Crippen LogP contribution in [0.2, 0.25) is 0 Å². The zero-order chi connectivity index (χ0) is 15.5. The van der Waals surface area contributed by atoms with Crippen molar-refractivity contribution in [2.24, 2.45) is 5.41 Å². The van der Waals surface area contributed by atoms with Gasteiger partial charge in [-0.25, -0.2) is 4.39 Å². The van der Waals surface area contributed by atoms with Gasteiger partial charge in [0.1, 0.15) is 5.82 Å². The van der Waals surface area contributed by atoms with E-state index in [-0.39, 0.29) is 11.0 Å². The van der Waals surface area contributed by atoms with Crippen LogP contribution in [-0.4, -0.2) is 30.5 Å². The molecule has 21 heavy (non-hydrogen) atoms. The Morgan fingerprint density at radius 3 is 2.71 bits per heavy atom. The van der Waals surface area contributed by atoms with Gasteiger partial charge in [0.2, 0.25) is 0 Å². The van der Waals surface area contributed by atoms with Gasteiger partial charge < -0.3 is 10.6 Å². The standard InChI is InChI=1S/C14H18FN3O3/c1-14(2-4-16-5-3-14)9-17-13(19)10-6-11(15)8-12(7-10)18(20)21/h6-8,16H,2-5,9H2,1H3,(H,17,19). The van der Waals surface area contributed by atoms with Gasteiger partial charge in [0.25, 0.3) is 11.6 Å². The molecule has 0 aromatic heterocycles. The molecule has 6 nitrogen and oxygen atoms in total.